The Labute approximate surface area is 153 Å². The fraction of sp³-hybridized carbons (Fsp3) is 0.263. The molecule has 0 atom stereocenters. The van der Waals surface area contributed by atoms with Crippen LogP contribution in [0.15, 0.2) is 59.5 Å². The van der Waals surface area contributed by atoms with Gasteiger partial charge in [0.1, 0.15) is 6.54 Å². The van der Waals surface area contributed by atoms with Crippen LogP contribution in [-0.2, 0) is 20.4 Å². The summed E-state index contributed by atoms with van der Waals surface area (Å²) in [5, 5.41) is 8.99. The standard InChI is InChI=1S/C19H21NO5S/c1-14(2)20(12-18(21)22)19(23)16-9-6-10-17(11-16)26(24,25)13-15-7-4-3-5-8-15/h3-11,14H,12-13H2,1-2H3,(H,21,22). The molecule has 138 valence electrons. The van der Waals surface area contributed by atoms with E-state index in [9.17, 15) is 18.0 Å². The monoisotopic (exact) mass is 375 g/mol. The van der Waals surface area contributed by atoms with Gasteiger partial charge < -0.3 is 10.0 Å². The van der Waals surface area contributed by atoms with Gasteiger partial charge in [-0.1, -0.05) is 36.4 Å². The SMILES string of the molecule is CC(C)N(CC(=O)O)C(=O)c1cccc(S(=O)(=O)Cc2ccccc2)c1. The summed E-state index contributed by atoms with van der Waals surface area (Å²) in [4.78, 5) is 24.8. The molecule has 0 aromatic heterocycles. The Balaban J connectivity index is 2.31. The van der Waals surface area contributed by atoms with Crippen LogP contribution in [0.4, 0.5) is 0 Å². The number of sulfone groups is 1. The van der Waals surface area contributed by atoms with E-state index >= 15 is 0 Å². The molecule has 1 amide bonds. The lowest BCUT2D eigenvalue weighted by Crippen LogP contribution is -2.40. The predicted molar refractivity (Wildman–Crippen MR) is 97.6 cm³/mol. The summed E-state index contributed by atoms with van der Waals surface area (Å²) < 4.78 is 25.3. The molecule has 1 N–H and O–H groups in total. The molecule has 26 heavy (non-hydrogen) atoms. The quantitative estimate of drug-likeness (QED) is 0.803. The van der Waals surface area contributed by atoms with Crippen LogP contribution in [0.5, 0.6) is 0 Å². The minimum absolute atomic E-state index is 0.0336. The molecular weight excluding hydrogens is 354 g/mol. The molecule has 7 heteroatoms. The first-order valence-corrected chi connectivity index (χ1v) is 9.75. The van der Waals surface area contributed by atoms with Crippen LogP contribution in [0.1, 0.15) is 29.8 Å². The molecule has 0 spiro atoms. The average molecular weight is 375 g/mol. The summed E-state index contributed by atoms with van der Waals surface area (Å²) in [5.41, 5.74) is 0.799. The maximum Gasteiger partial charge on any atom is 0.323 e. The molecule has 0 saturated carbocycles. The summed E-state index contributed by atoms with van der Waals surface area (Å²) in [6.45, 7) is 2.96. The fourth-order valence-electron chi connectivity index (χ4n) is 2.50. The molecule has 6 nitrogen and oxygen atoms in total. The molecule has 0 aliphatic rings. The van der Waals surface area contributed by atoms with Crippen LogP contribution in [0.25, 0.3) is 0 Å². The van der Waals surface area contributed by atoms with Crippen molar-refractivity contribution in [3.05, 3.63) is 65.7 Å². The third-order valence-corrected chi connectivity index (χ3v) is 5.51. The molecular formula is C19H21NO5S. The van der Waals surface area contributed by atoms with Gasteiger partial charge in [-0.3, -0.25) is 9.59 Å². The van der Waals surface area contributed by atoms with E-state index in [1.165, 1.54) is 29.2 Å². The summed E-state index contributed by atoms with van der Waals surface area (Å²) in [7, 11) is -3.63. The van der Waals surface area contributed by atoms with Crippen molar-refractivity contribution in [2.75, 3.05) is 6.54 Å². The van der Waals surface area contributed by atoms with Crippen LogP contribution < -0.4 is 0 Å². The van der Waals surface area contributed by atoms with Gasteiger partial charge in [0.2, 0.25) is 0 Å². The Morgan fingerprint density at radius 2 is 1.69 bits per heavy atom. The zero-order valence-electron chi connectivity index (χ0n) is 14.6. The van der Waals surface area contributed by atoms with Crippen molar-refractivity contribution in [1.29, 1.82) is 0 Å². The smallest absolute Gasteiger partial charge is 0.323 e. The van der Waals surface area contributed by atoms with Gasteiger partial charge in [-0.2, -0.15) is 0 Å². The number of rotatable bonds is 7. The van der Waals surface area contributed by atoms with Gasteiger partial charge in [0, 0.05) is 11.6 Å². The van der Waals surface area contributed by atoms with E-state index in [-0.39, 0.29) is 22.3 Å². The lowest BCUT2D eigenvalue weighted by Gasteiger charge is -2.25. The van der Waals surface area contributed by atoms with Crippen molar-refractivity contribution in [3.63, 3.8) is 0 Å². The third kappa shape index (κ3) is 4.92. The van der Waals surface area contributed by atoms with Gasteiger partial charge in [-0.05, 0) is 37.6 Å². The molecule has 0 saturated heterocycles. The van der Waals surface area contributed by atoms with Crippen molar-refractivity contribution in [2.24, 2.45) is 0 Å². The summed E-state index contributed by atoms with van der Waals surface area (Å²) in [6, 6.07) is 14.2. The molecule has 2 aromatic rings. The number of hydrogen-bond donors (Lipinski definition) is 1. The van der Waals surface area contributed by atoms with Gasteiger partial charge in [-0.25, -0.2) is 8.42 Å². The largest absolute Gasteiger partial charge is 0.480 e. The number of hydrogen-bond acceptors (Lipinski definition) is 4. The zero-order valence-corrected chi connectivity index (χ0v) is 15.4. The molecule has 0 aliphatic heterocycles. The second-order valence-electron chi connectivity index (χ2n) is 6.19. The van der Waals surface area contributed by atoms with Crippen LogP contribution in [0.2, 0.25) is 0 Å². The predicted octanol–water partition coefficient (Wildman–Crippen LogP) is 2.60. The Morgan fingerprint density at radius 3 is 2.27 bits per heavy atom. The fourth-order valence-corrected chi connectivity index (χ4v) is 3.89. The molecule has 2 aromatic carbocycles. The second kappa shape index (κ2) is 8.14. The average Bonchev–Trinajstić information content (AvgIpc) is 2.59. The van der Waals surface area contributed by atoms with E-state index < -0.39 is 28.3 Å². The van der Waals surface area contributed by atoms with Crippen LogP contribution in [0.3, 0.4) is 0 Å². The van der Waals surface area contributed by atoms with E-state index in [0.29, 0.717) is 5.56 Å². The lowest BCUT2D eigenvalue weighted by molar-refractivity contribution is -0.138. The van der Waals surface area contributed by atoms with Gasteiger partial charge in [0.05, 0.1) is 10.6 Å². The van der Waals surface area contributed by atoms with Crippen LogP contribution >= 0.6 is 0 Å². The van der Waals surface area contributed by atoms with Gasteiger partial charge in [0.15, 0.2) is 9.84 Å². The summed E-state index contributed by atoms with van der Waals surface area (Å²) in [5.74, 6) is -1.81. The first-order chi connectivity index (χ1) is 12.2. The Morgan fingerprint density at radius 1 is 1.04 bits per heavy atom. The number of aliphatic carboxylic acids is 1. The van der Waals surface area contributed by atoms with E-state index in [0.717, 1.165) is 0 Å². The minimum atomic E-state index is -3.63. The zero-order chi connectivity index (χ0) is 19.3. The second-order valence-corrected chi connectivity index (χ2v) is 8.18. The van der Waals surface area contributed by atoms with Crippen molar-refractivity contribution < 1.29 is 23.1 Å². The normalized spacial score (nSPS) is 11.3. The number of nitrogens with zero attached hydrogens (tertiary/aromatic N) is 1. The van der Waals surface area contributed by atoms with Crippen molar-refractivity contribution in [1.82, 2.24) is 4.90 Å². The van der Waals surface area contributed by atoms with Gasteiger partial charge >= 0.3 is 5.97 Å². The van der Waals surface area contributed by atoms with Gasteiger partial charge in [-0.15, -0.1) is 0 Å². The van der Waals surface area contributed by atoms with Crippen molar-refractivity contribution in [3.8, 4) is 0 Å². The first-order valence-electron chi connectivity index (χ1n) is 8.10. The summed E-state index contributed by atoms with van der Waals surface area (Å²) in [6.07, 6.45) is 0. The molecule has 0 aliphatic carbocycles. The van der Waals surface area contributed by atoms with Crippen molar-refractivity contribution in [2.45, 2.75) is 30.5 Å². The van der Waals surface area contributed by atoms with Crippen LogP contribution in [0, 0.1) is 0 Å². The summed E-state index contributed by atoms with van der Waals surface area (Å²) >= 11 is 0. The highest BCUT2D eigenvalue weighted by molar-refractivity contribution is 7.90. The molecule has 2 rings (SSSR count). The Bertz CT molecular complexity index is 891. The molecule has 0 radical (unpaired) electrons. The first kappa shape index (κ1) is 19.7. The highest BCUT2D eigenvalue weighted by Gasteiger charge is 2.23. The maximum absolute atomic E-state index is 12.6. The highest BCUT2D eigenvalue weighted by atomic mass is 32.2. The number of benzene rings is 2. The van der Waals surface area contributed by atoms with Gasteiger partial charge in [0.25, 0.3) is 5.91 Å². The van der Waals surface area contributed by atoms with Crippen LogP contribution in [-0.4, -0.2) is 42.9 Å². The lowest BCUT2D eigenvalue weighted by atomic mass is 10.1. The van der Waals surface area contributed by atoms with E-state index in [2.05, 4.69) is 0 Å². The number of carbonyl (C=O) groups is 2. The molecule has 0 fully saturated rings. The topological polar surface area (TPSA) is 91.8 Å². The van der Waals surface area contributed by atoms with E-state index in [1.807, 2.05) is 0 Å². The van der Waals surface area contributed by atoms with E-state index in [1.54, 1.807) is 44.2 Å². The number of carbonyl (C=O) groups excluding carboxylic acids is 1. The van der Waals surface area contributed by atoms with Crippen molar-refractivity contribution >= 4 is 21.7 Å². The number of carboxylic acids is 1. The number of amides is 1. The minimum Gasteiger partial charge on any atom is -0.480 e. The molecule has 0 unspecified atom stereocenters. The third-order valence-electron chi connectivity index (χ3n) is 3.83. The molecule has 0 heterocycles. The highest BCUT2D eigenvalue weighted by Crippen LogP contribution is 2.19. The Hall–Kier alpha value is -2.67. The Kier molecular flexibility index (Phi) is 6.15. The van der Waals surface area contributed by atoms with E-state index in [4.69, 9.17) is 5.11 Å². The molecule has 0 bridgehead atoms. The number of carboxylic acid groups (broad SMARTS) is 1. The maximum atomic E-state index is 12.6.